The molecule has 0 aliphatic carbocycles. The highest BCUT2D eigenvalue weighted by Crippen LogP contribution is 2.39. The van der Waals surface area contributed by atoms with Gasteiger partial charge in [0.1, 0.15) is 16.4 Å². The Morgan fingerprint density at radius 2 is 2.09 bits per heavy atom. The number of benzene rings is 1. The summed E-state index contributed by atoms with van der Waals surface area (Å²) in [4.78, 5) is 6.68. The Kier molecular flexibility index (Phi) is 3.79. The van der Waals surface area contributed by atoms with E-state index in [2.05, 4.69) is 25.9 Å². The predicted molar refractivity (Wildman–Crippen MR) is 86.1 cm³/mol. The van der Waals surface area contributed by atoms with Crippen molar-refractivity contribution in [2.45, 2.75) is 0 Å². The maximum Gasteiger partial charge on any atom is 0.204 e. The third-order valence-electron chi connectivity index (χ3n) is 3.00. The number of pyridine rings is 1. The summed E-state index contributed by atoms with van der Waals surface area (Å²) in [5.41, 5.74) is 5.88. The van der Waals surface area contributed by atoms with Crippen LogP contribution in [0.2, 0.25) is 0 Å². The van der Waals surface area contributed by atoms with Crippen LogP contribution in [0.5, 0.6) is 11.5 Å². The second-order valence-electron chi connectivity index (χ2n) is 4.38. The number of rotatable bonds is 3. The molecule has 2 aromatic heterocycles. The van der Waals surface area contributed by atoms with Crippen LogP contribution in [0.4, 0.5) is 8.78 Å². The second-order valence-corrected chi connectivity index (χ2v) is 5.61. The fourth-order valence-corrected chi connectivity index (χ4v) is 2.68. The molecule has 112 valence electrons. The molecule has 0 saturated heterocycles. The fraction of sp³-hybridized carbons (Fsp3) is 0. The summed E-state index contributed by atoms with van der Waals surface area (Å²) in [5.74, 6) is -2.13. The second kappa shape index (κ2) is 5.62. The first-order chi connectivity index (χ1) is 10.5. The summed E-state index contributed by atoms with van der Waals surface area (Å²) in [6, 6.07) is 4.56. The first-order valence-electron chi connectivity index (χ1n) is 6.06. The molecule has 3 N–H and O–H groups in total. The Balaban J connectivity index is 2.11. The molecular weight excluding hydrogens is 376 g/mol. The molecule has 0 atom stereocenters. The molecule has 0 radical (unpaired) electrons. The monoisotopic (exact) mass is 383 g/mol. The van der Waals surface area contributed by atoms with Crippen LogP contribution in [-0.4, -0.2) is 15.0 Å². The van der Waals surface area contributed by atoms with Gasteiger partial charge in [-0.2, -0.15) is 4.39 Å². The van der Waals surface area contributed by atoms with E-state index in [-0.39, 0.29) is 22.0 Å². The number of H-pyrrole nitrogens is 1. The number of hydrogen-bond acceptors (Lipinski definition) is 3. The van der Waals surface area contributed by atoms with Crippen molar-refractivity contribution in [2.24, 2.45) is 5.73 Å². The van der Waals surface area contributed by atoms with E-state index in [1.165, 1.54) is 24.5 Å². The van der Waals surface area contributed by atoms with Crippen LogP contribution >= 0.6 is 28.1 Å². The molecule has 0 fully saturated rings. The number of fused-ring (bicyclic) bond motifs is 1. The van der Waals surface area contributed by atoms with Gasteiger partial charge in [-0.05, 0) is 28.1 Å². The number of thiocarbonyl (C=S) groups is 1. The summed E-state index contributed by atoms with van der Waals surface area (Å²) in [6.07, 6.45) is 2.93. The van der Waals surface area contributed by atoms with Crippen LogP contribution in [0.3, 0.4) is 0 Å². The van der Waals surface area contributed by atoms with E-state index in [4.69, 9.17) is 22.7 Å². The molecule has 8 heteroatoms. The quantitative estimate of drug-likeness (QED) is 0.529. The number of ether oxygens (including phenoxy) is 1. The number of aromatic nitrogens is 2. The number of hydrogen-bond donors (Lipinski definition) is 2. The van der Waals surface area contributed by atoms with Gasteiger partial charge in [0.2, 0.25) is 5.82 Å². The first kappa shape index (κ1) is 14.9. The van der Waals surface area contributed by atoms with Crippen LogP contribution in [0.1, 0.15) is 5.69 Å². The lowest BCUT2D eigenvalue weighted by Gasteiger charge is -2.11. The van der Waals surface area contributed by atoms with Gasteiger partial charge in [-0.1, -0.05) is 12.2 Å². The minimum atomic E-state index is -1.10. The highest BCUT2D eigenvalue weighted by atomic mass is 79.9. The van der Waals surface area contributed by atoms with Gasteiger partial charge in [-0.25, -0.2) is 4.39 Å². The van der Waals surface area contributed by atoms with Crippen molar-refractivity contribution in [1.29, 1.82) is 0 Å². The molecule has 0 bridgehead atoms. The molecule has 2 heterocycles. The average Bonchev–Trinajstić information content (AvgIpc) is 2.99. The van der Waals surface area contributed by atoms with E-state index < -0.39 is 11.6 Å². The van der Waals surface area contributed by atoms with Crippen molar-refractivity contribution in [3.8, 4) is 11.5 Å². The van der Waals surface area contributed by atoms with E-state index in [0.29, 0.717) is 15.6 Å². The summed E-state index contributed by atoms with van der Waals surface area (Å²) in [6.45, 7) is 0. The molecule has 4 nitrogen and oxygen atoms in total. The number of nitrogens with zero attached hydrogens (tertiary/aromatic N) is 1. The van der Waals surface area contributed by atoms with Crippen LogP contribution in [0.25, 0.3) is 10.9 Å². The molecule has 0 aliphatic rings. The minimum absolute atomic E-state index is 0.0651. The van der Waals surface area contributed by atoms with E-state index in [0.717, 1.165) is 0 Å². The maximum atomic E-state index is 14.2. The van der Waals surface area contributed by atoms with E-state index in [1.54, 1.807) is 6.07 Å². The zero-order valence-electron chi connectivity index (χ0n) is 10.9. The van der Waals surface area contributed by atoms with E-state index in [9.17, 15) is 8.78 Å². The van der Waals surface area contributed by atoms with Crippen LogP contribution in [0.15, 0.2) is 35.1 Å². The third-order valence-corrected chi connectivity index (χ3v) is 3.99. The SMILES string of the molecule is NC(=S)c1cc(Oc2c(F)c(F)c3[nH]ccc3c2Br)ccn1. The topological polar surface area (TPSA) is 63.9 Å². The average molecular weight is 384 g/mol. The standard InChI is InChI=1S/C14H8BrF2N3OS/c15-9-7-2-4-20-12(7)10(16)11(17)13(9)21-6-1-3-19-8(5-6)14(18)22/h1-5,20H,(H2,18,22). The van der Waals surface area contributed by atoms with Crippen molar-refractivity contribution >= 4 is 44.0 Å². The molecule has 0 saturated carbocycles. The predicted octanol–water partition coefficient (Wildman–Crippen LogP) is 4.03. The number of nitrogens with two attached hydrogens (primary N) is 1. The van der Waals surface area contributed by atoms with Crippen molar-refractivity contribution in [3.63, 3.8) is 0 Å². The first-order valence-corrected chi connectivity index (χ1v) is 7.26. The molecule has 1 aromatic carbocycles. The fourth-order valence-electron chi connectivity index (χ4n) is 1.98. The Morgan fingerprint density at radius 3 is 2.82 bits per heavy atom. The van der Waals surface area contributed by atoms with Gasteiger partial charge >= 0.3 is 0 Å². The summed E-state index contributed by atoms with van der Waals surface area (Å²) in [7, 11) is 0. The van der Waals surface area contributed by atoms with Gasteiger partial charge in [-0.3, -0.25) is 4.98 Å². The summed E-state index contributed by atoms with van der Waals surface area (Å²) in [5, 5.41) is 0.470. The van der Waals surface area contributed by atoms with Gasteiger partial charge in [0.15, 0.2) is 11.6 Å². The zero-order valence-corrected chi connectivity index (χ0v) is 13.3. The highest BCUT2D eigenvalue weighted by Gasteiger charge is 2.21. The van der Waals surface area contributed by atoms with Crippen molar-refractivity contribution in [1.82, 2.24) is 9.97 Å². The Hall–Kier alpha value is -2.06. The lowest BCUT2D eigenvalue weighted by molar-refractivity contribution is 0.416. The molecular formula is C14H8BrF2N3OS. The maximum absolute atomic E-state index is 14.2. The minimum Gasteiger partial charge on any atom is -0.453 e. The Labute approximate surface area is 137 Å². The van der Waals surface area contributed by atoms with Crippen LogP contribution < -0.4 is 10.5 Å². The highest BCUT2D eigenvalue weighted by molar-refractivity contribution is 9.10. The van der Waals surface area contributed by atoms with E-state index in [1.807, 2.05) is 0 Å². The molecule has 22 heavy (non-hydrogen) atoms. The van der Waals surface area contributed by atoms with Gasteiger partial charge in [0, 0.05) is 23.8 Å². The summed E-state index contributed by atoms with van der Waals surface area (Å²) < 4.78 is 34.0. The number of nitrogens with one attached hydrogen (secondary N) is 1. The molecule has 0 unspecified atom stereocenters. The summed E-state index contributed by atoms with van der Waals surface area (Å²) >= 11 is 8.06. The van der Waals surface area contributed by atoms with Crippen LogP contribution in [-0.2, 0) is 0 Å². The Morgan fingerprint density at radius 1 is 1.32 bits per heavy atom. The smallest absolute Gasteiger partial charge is 0.204 e. The molecule has 0 aliphatic heterocycles. The zero-order chi connectivity index (χ0) is 15.9. The van der Waals surface area contributed by atoms with Crippen molar-refractivity contribution in [2.75, 3.05) is 0 Å². The third kappa shape index (κ3) is 2.44. The number of halogens is 3. The van der Waals surface area contributed by atoms with Gasteiger partial charge in [-0.15, -0.1) is 0 Å². The van der Waals surface area contributed by atoms with Crippen LogP contribution in [0, 0.1) is 11.6 Å². The molecule has 0 spiro atoms. The number of aromatic amines is 1. The van der Waals surface area contributed by atoms with E-state index >= 15 is 0 Å². The normalized spacial score (nSPS) is 10.9. The Bertz CT molecular complexity index is 897. The van der Waals surface area contributed by atoms with Crippen molar-refractivity contribution in [3.05, 3.63) is 52.4 Å². The van der Waals surface area contributed by atoms with Gasteiger partial charge < -0.3 is 15.5 Å². The largest absolute Gasteiger partial charge is 0.453 e. The molecule has 3 rings (SSSR count). The lowest BCUT2D eigenvalue weighted by atomic mass is 10.2. The molecule has 3 aromatic rings. The van der Waals surface area contributed by atoms with Crippen molar-refractivity contribution < 1.29 is 13.5 Å². The van der Waals surface area contributed by atoms with Gasteiger partial charge in [0.25, 0.3) is 0 Å². The lowest BCUT2D eigenvalue weighted by Crippen LogP contribution is -2.11. The molecule has 0 amide bonds. The van der Waals surface area contributed by atoms with Gasteiger partial charge in [0.05, 0.1) is 9.99 Å².